The van der Waals surface area contributed by atoms with Gasteiger partial charge in [0.1, 0.15) is 17.7 Å². The summed E-state index contributed by atoms with van der Waals surface area (Å²) in [7, 11) is 0. The number of hydrazone groups is 1. The third-order valence-corrected chi connectivity index (χ3v) is 7.01. The molecule has 4 aliphatic rings. The van der Waals surface area contributed by atoms with Gasteiger partial charge in [-0.05, 0) is 48.4 Å². The summed E-state index contributed by atoms with van der Waals surface area (Å²) in [6, 6.07) is 6.75. The summed E-state index contributed by atoms with van der Waals surface area (Å²) in [5, 5.41) is 14.8. The highest BCUT2D eigenvalue weighted by molar-refractivity contribution is 5.88. The van der Waals surface area contributed by atoms with Crippen molar-refractivity contribution in [1.82, 2.24) is 19.5 Å². The molecular formula is C23H18F2N6O. The van der Waals surface area contributed by atoms with Crippen LogP contribution in [0.4, 0.5) is 8.78 Å². The molecule has 3 aliphatic carbocycles. The molecule has 1 amide bonds. The number of pyridine rings is 1. The molecule has 1 unspecified atom stereocenters. The number of nitrogens with zero attached hydrogens (tertiary/aromatic N) is 6. The molecule has 0 saturated heterocycles. The topological polar surface area (TPSA) is 87.2 Å². The monoisotopic (exact) mass is 432 g/mol. The van der Waals surface area contributed by atoms with Gasteiger partial charge in [-0.15, -0.1) is 0 Å². The molecule has 7 rings (SSSR count). The van der Waals surface area contributed by atoms with Crippen LogP contribution in [0.5, 0.6) is 0 Å². The Morgan fingerprint density at radius 2 is 1.91 bits per heavy atom. The average Bonchev–Trinajstić information content (AvgIpc) is 3.35. The van der Waals surface area contributed by atoms with Crippen molar-refractivity contribution in [1.29, 1.82) is 5.26 Å². The summed E-state index contributed by atoms with van der Waals surface area (Å²) >= 11 is 0. The van der Waals surface area contributed by atoms with E-state index in [4.69, 9.17) is 5.26 Å². The van der Waals surface area contributed by atoms with Gasteiger partial charge >= 0.3 is 0 Å². The lowest BCUT2D eigenvalue weighted by atomic mass is 9.34. The molecule has 3 heterocycles. The van der Waals surface area contributed by atoms with Crippen molar-refractivity contribution in [2.75, 3.05) is 0 Å². The van der Waals surface area contributed by atoms with E-state index >= 15 is 0 Å². The third kappa shape index (κ3) is 2.68. The summed E-state index contributed by atoms with van der Waals surface area (Å²) in [6.45, 7) is 0.705. The van der Waals surface area contributed by atoms with E-state index < -0.39 is 23.1 Å². The molecule has 1 aromatic carbocycles. The first-order valence-electron chi connectivity index (χ1n) is 10.4. The molecule has 1 atom stereocenters. The van der Waals surface area contributed by atoms with Crippen molar-refractivity contribution in [2.24, 2.45) is 15.9 Å². The van der Waals surface area contributed by atoms with Crippen LogP contribution in [-0.4, -0.2) is 31.7 Å². The first-order valence-corrected chi connectivity index (χ1v) is 10.4. The molecule has 1 aliphatic heterocycles. The molecule has 3 fully saturated rings. The number of amides is 1. The molecule has 2 aromatic heterocycles. The highest BCUT2D eigenvalue weighted by Crippen LogP contribution is 2.74. The summed E-state index contributed by atoms with van der Waals surface area (Å²) < 4.78 is 29.4. The number of benzene rings is 1. The highest BCUT2D eigenvalue weighted by Gasteiger charge is 2.72. The predicted molar refractivity (Wildman–Crippen MR) is 110 cm³/mol. The fraction of sp³-hybridized carbons (Fsp3) is 0.348. The van der Waals surface area contributed by atoms with E-state index in [1.165, 1.54) is 23.3 Å². The van der Waals surface area contributed by atoms with E-state index in [0.717, 1.165) is 30.8 Å². The van der Waals surface area contributed by atoms with Gasteiger partial charge in [0.2, 0.25) is 5.91 Å². The zero-order valence-electron chi connectivity index (χ0n) is 17.0. The molecule has 160 valence electrons. The van der Waals surface area contributed by atoms with Gasteiger partial charge in [0.05, 0.1) is 28.9 Å². The number of rotatable bonds is 4. The Labute approximate surface area is 182 Å². The van der Waals surface area contributed by atoms with E-state index in [1.54, 1.807) is 18.6 Å². The standard InChI is InChI=1S/C23H18F2N6O/c24-16-4-15(5-17(25)6-16)18-1-2-29-31(18)21(32)23-9-22(10-23,11-23)12-30-13-28-20-19(30)3-14(7-26)8-27-20/h2-6,8,13,18H,1,9-12H2. The first kappa shape index (κ1) is 19.0. The lowest BCUT2D eigenvalue weighted by Crippen LogP contribution is -2.68. The Kier molecular flexibility index (Phi) is 3.82. The minimum absolute atomic E-state index is 0.00976. The Balaban J connectivity index is 1.18. The Morgan fingerprint density at radius 3 is 2.62 bits per heavy atom. The Hall–Kier alpha value is -3.67. The molecule has 0 radical (unpaired) electrons. The van der Waals surface area contributed by atoms with Crippen molar-refractivity contribution in [3.05, 3.63) is 59.6 Å². The number of halogens is 2. The summed E-state index contributed by atoms with van der Waals surface area (Å²) in [5.41, 5.74) is 1.86. The molecule has 7 nitrogen and oxygen atoms in total. The molecule has 9 heteroatoms. The van der Waals surface area contributed by atoms with Gasteiger partial charge in [-0.2, -0.15) is 10.4 Å². The van der Waals surface area contributed by atoms with E-state index in [1.807, 2.05) is 4.57 Å². The van der Waals surface area contributed by atoms with Gasteiger partial charge in [0, 0.05) is 31.4 Å². The quantitative estimate of drug-likeness (QED) is 0.629. The van der Waals surface area contributed by atoms with Gasteiger partial charge in [0.15, 0.2) is 5.65 Å². The Bertz CT molecular complexity index is 1320. The maximum absolute atomic E-state index is 13.7. The molecule has 2 bridgehead atoms. The maximum Gasteiger partial charge on any atom is 0.249 e. The van der Waals surface area contributed by atoms with Gasteiger partial charge < -0.3 is 4.57 Å². The van der Waals surface area contributed by atoms with Crippen LogP contribution in [0.1, 0.15) is 42.9 Å². The third-order valence-electron chi connectivity index (χ3n) is 7.01. The number of carbonyl (C=O) groups is 1. The molecule has 3 aromatic rings. The number of carbonyl (C=O) groups excluding carboxylic acids is 1. The van der Waals surface area contributed by atoms with Gasteiger partial charge in [-0.1, -0.05) is 0 Å². The van der Waals surface area contributed by atoms with Crippen LogP contribution in [0.2, 0.25) is 0 Å². The van der Waals surface area contributed by atoms with Crippen LogP contribution in [-0.2, 0) is 11.3 Å². The summed E-state index contributed by atoms with van der Waals surface area (Å²) in [6.07, 6.45) is 7.51. The number of nitriles is 1. The van der Waals surface area contributed by atoms with Crippen molar-refractivity contribution < 1.29 is 13.6 Å². The van der Waals surface area contributed by atoms with Crippen LogP contribution in [0.3, 0.4) is 0 Å². The van der Waals surface area contributed by atoms with Crippen molar-refractivity contribution in [2.45, 2.75) is 38.3 Å². The Morgan fingerprint density at radius 1 is 1.16 bits per heavy atom. The lowest BCUT2D eigenvalue weighted by molar-refractivity contribution is -0.222. The van der Waals surface area contributed by atoms with Crippen LogP contribution in [0.25, 0.3) is 11.2 Å². The van der Waals surface area contributed by atoms with Gasteiger partial charge in [0.25, 0.3) is 0 Å². The second kappa shape index (κ2) is 6.42. The van der Waals surface area contributed by atoms with Crippen molar-refractivity contribution in [3.8, 4) is 6.07 Å². The van der Waals surface area contributed by atoms with Crippen molar-refractivity contribution >= 4 is 23.3 Å². The fourth-order valence-corrected chi connectivity index (χ4v) is 5.78. The molecule has 0 N–H and O–H groups in total. The number of hydrogen-bond donors (Lipinski definition) is 0. The maximum atomic E-state index is 13.7. The molecule has 3 saturated carbocycles. The van der Waals surface area contributed by atoms with Crippen LogP contribution in [0.15, 0.2) is 41.9 Å². The molecule has 32 heavy (non-hydrogen) atoms. The molecule has 0 spiro atoms. The van der Waals surface area contributed by atoms with Crippen LogP contribution < -0.4 is 0 Å². The lowest BCUT2D eigenvalue weighted by Gasteiger charge is -2.70. The number of fused-ring (bicyclic) bond motifs is 1. The highest BCUT2D eigenvalue weighted by atomic mass is 19.1. The fourth-order valence-electron chi connectivity index (χ4n) is 5.78. The minimum Gasteiger partial charge on any atom is -0.329 e. The van der Waals surface area contributed by atoms with E-state index in [-0.39, 0.29) is 11.3 Å². The predicted octanol–water partition coefficient (Wildman–Crippen LogP) is 3.71. The van der Waals surface area contributed by atoms with Gasteiger partial charge in [-0.3, -0.25) is 4.79 Å². The number of aromatic nitrogens is 3. The van der Waals surface area contributed by atoms with Crippen molar-refractivity contribution in [3.63, 3.8) is 0 Å². The summed E-state index contributed by atoms with van der Waals surface area (Å²) in [5.74, 6) is -1.40. The minimum atomic E-state index is -0.662. The molecular weight excluding hydrogens is 414 g/mol. The largest absolute Gasteiger partial charge is 0.329 e. The van der Waals surface area contributed by atoms with Crippen LogP contribution in [0, 0.1) is 33.8 Å². The normalized spacial score (nSPS) is 27.8. The average molecular weight is 432 g/mol. The zero-order valence-corrected chi connectivity index (χ0v) is 17.0. The van der Waals surface area contributed by atoms with E-state index in [0.29, 0.717) is 29.7 Å². The van der Waals surface area contributed by atoms with E-state index in [2.05, 4.69) is 21.1 Å². The van der Waals surface area contributed by atoms with E-state index in [9.17, 15) is 13.6 Å². The van der Waals surface area contributed by atoms with Gasteiger partial charge in [-0.25, -0.2) is 23.8 Å². The van der Waals surface area contributed by atoms with Crippen LogP contribution >= 0.6 is 0 Å². The SMILES string of the molecule is N#Cc1cnc2ncn(CC34CC(C(=O)N5N=CCC5c5cc(F)cc(F)c5)(C3)C4)c2c1. The first-order chi connectivity index (χ1) is 15.4. The second-order valence-corrected chi connectivity index (χ2v) is 9.26. The smallest absolute Gasteiger partial charge is 0.249 e. The number of hydrogen-bond acceptors (Lipinski definition) is 5. The summed E-state index contributed by atoms with van der Waals surface area (Å²) in [4.78, 5) is 21.9. The second-order valence-electron chi connectivity index (χ2n) is 9.26. The zero-order chi connectivity index (χ0) is 22.1. The number of imidazole rings is 1.